The van der Waals surface area contributed by atoms with Gasteiger partial charge in [0.15, 0.2) is 0 Å². The number of rotatable bonds is 6. The SMILES string of the molecule is COc1cccc([C@@H]2[C@@H](C(=O)NC[C@H]3CCOC3)CC(=O)N2C2CC2)c1. The Morgan fingerprint density at radius 3 is 2.88 bits per heavy atom. The Hall–Kier alpha value is -2.08. The van der Waals surface area contributed by atoms with E-state index in [1.807, 2.05) is 29.2 Å². The molecule has 2 heterocycles. The van der Waals surface area contributed by atoms with Crippen molar-refractivity contribution in [3.05, 3.63) is 29.8 Å². The summed E-state index contributed by atoms with van der Waals surface area (Å²) >= 11 is 0. The van der Waals surface area contributed by atoms with Gasteiger partial charge in [0.1, 0.15) is 5.75 Å². The number of benzene rings is 1. The summed E-state index contributed by atoms with van der Waals surface area (Å²) in [6.45, 7) is 2.10. The maximum Gasteiger partial charge on any atom is 0.226 e. The van der Waals surface area contributed by atoms with Gasteiger partial charge < -0.3 is 19.7 Å². The average Bonchev–Trinajstić information content (AvgIpc) is 3.23. The Morgan fingerprint density at radius 2 is 2.19 bits per heavy atom. The lowest BCUT2D eigenvalue weighted by atomic mass is 9.92. The van der Waals surface area contributed by atoms with Gasteiger partial charge in [-0.25, -0.2) is 0 Å². The first-order valence-electron chi connectivity index (χ1n) is 9.48. The molecule has 2 amide bonds. The van der Waals surface area contributed by atoms with Crippen molar-refractivity contribution in [1.82, 2.24) is 10.2 Å². The minimum absolute atomic E-state index is 0.0266. The van der Waals surface area contributed by atoms with Crippen LogP contribution in [-0.4, -0.2) is 49.6 Å². The highest BCUT2D eigenvalue weighted by molar-refractivity contribution is 5.90. The van der Waals surface area contributed by atoms with Gasteiger partial charge in [0.05, 0.1) is 25.7 Å². The third-order valence-electron chi connectivity index (χ3n) is 5.66. The van der Waals surface area contributed by atoms with Crippen LogP contribution in [0.3, 0.4) is 0 Å². The van der Waals surface area contributed by atoms with Crippen LogP contribution < -0.4 is 10.1 Å². The van der Waals surface area contributed by atoms with E-state index in [0.717, 1.165) is 37.2 Å². The number of carbonyl (C=O) groups excluding carboxylic acids is 2. The molecule has 2 saturated heterocycles. The maximum absolute atomic E-state index is 12.9. The van der Waals surface area contributed by atoms with Crippen molar-refractivity contribution in [1.29, 1.82) is 0 Å². The van der Waals surface area contributed by atoms with Crippen molar-refractivity contribution in [2.45, 2.75) is 37.8 Å². The van der Waals surface area contributed by atoms with Crippen LogP contribution in [0.5, 0.6) is 5.75 Å². The third-order valence-corrected chi connectivity index (χ3v) is 5.66. The van der Waals surface area contributed by atoms with E-state index >= 15 is 0 Å². The zero-order valence-electron chi connectivity index (χ0n) is 15.1. The fourth-order valence-electron chi connectivity index (χ4n) is 4.11. The molecule has 3 atom stereocenters. The normalized spacial score (nSPS) is 28.4. The van der Waals surface area contributed by atoms with E-state index in [1.165, 1.54) is 0 Å². The Balaban J connectivity index is 1.54. The van der Waals surface area contributed by atoms with Crippen molar-refractivity contribution >= 4 is 11.8 Å². The number of nitrogens with zero attached hydrogens (tertiary/aromatic N) is 1. The Labute approximate surface area is 153 Å². The molecular weight excluding hydrogens is 332 g/mol. The molecule has 140 valence electrons. The van der Waals surface area contributed by atoms with Crippen LogP contribution in [0.4, 0.5) is 0 Å². The number of carbonyl (C=O) groups is 2. The number of likely N-dealkylation sites (tertiary alicyclic amines) is 1. The molecule has 0 bridgehead atoms. The largest absolute Gasteiger partial charge is 0.497 e. The highest BCUT2D eigenvalue weighted by atomic mass is 16.5. The monoisotopic (exact) mass is 358 g/mol. The number of hydrogen-bond donors (Lipinski definition) is 1. The lowest BCUT2D eigenvalue weighted by Crippen LogP contribution is -2.38. The second kappa shape index (κ2) is 7.27. The minimum atomic E-state index is -0.350. The van der Waals surface area contributed by atoms with Gasteiger partial charge in [-0.2, -0.15) is 0 Å². The molecule has 1 aromatic carbocycles. The van der Waals surface area contributed by atoms with E-state index in [9.17, 15) is 9.59 Å². The van der Waals surface area contributed by atoms with Gasteiger partial charge in [0.25, 0.3) is 0 Å². The molecule has 0 aromatic heterocycles. The molecule has 3 aliphatic rings. The molecule has 1 saturated carbocycles. The molecule has 0 radical (unpaired) electrons. The van der Waals surface area contributed by atoms with E-state index in [0.29, 0.717) is 19.1 Å². The predicted molar refractivity (Wildman–Crippen MR) is 95.6 cm³/mol. The fourth-order valence-corrected chi connectivity index (χ4v) is 4.11. The van der Waals surface area contributed by atoms with Gasteiger partial charge in [-0.15, -0.1) is 0 Å². The summed E-state index contributed by atoms with van der Waals surface area (Å²) < 4.78 is 10.7. The first-order valence-corrected chi connectivity index (χ1v) is 9.48. The molecule has 6 nitrogen and oxygen atoms in total. The molecule has 2 aliphatic heterocycles. The summed E-state index contributed by atoms with van der Waals surface area (Å²) in [6, 6.07) is 7.82. The van der Waals surface area contributed by atoms with Crippen LogP contribution >= 0.6 is 0 Å². The summed E-state index contributed by atoms with van der Waals surface area (Å²) in [5.41, 5.74) is 0.978. The molecular formula is C20H26N2O4. The lowest BCUT2D eigenvalue weighted by Gasteiger charge is -2.28. The molecule has 4 rings (SSSR count). The fraction of sp³-hybridized carbons (Fsp3) is 0.600. The van der Waals surface area contributed by atoms with Crippen molar-refractivity contribution in [3.8, 4) is 5.75 Å². The van der Waals surface area contributed by atoms with Gasteiger partial charge in [0, 0.05) is 31.5 Å². The number of amides is 2. The van der Waals surface area contributed by atoms with Crippen LogP contribution in [0.15, 0.2) is 24.3 Å². The standard InChI is InChI=1S/C20H26N2O4/c1-25-16-4-2-3-14(9-16)19-17(10-18(23)22(19)15-5-6-15)20(24)21-11-13-7-8-26-12-13/h2-4,9,13,15,17,19H,5-8,10-12H2,1H3,(H,21,24)/t13-,17+,19-/m1/s1. The van der Waals surface area contributed by atoms with Crippen LogP contribution in [0, 0.1) is 11.8 Å². The molecule has 1 aromatic rings. The molecule has 3 fully saturated rings. The lowest BCUT2D eigenvalue weighted by molar-refractivity contribution is -0.129. The van der Waals surface area contributed by atoms with Gasteiger partial charge in [-0.05, 0) is 37.0 Å². The zero-order valence-corrected chi connectivity index (χ0v) is 15.1. The Morgan fingerprint density at radius 1 is 1.35 bits per heavy atom. The first kappa shape index (κ1) is 17.3. The maximum atomic E-state index is 12.9. The van der Waals surface area contributed by atoms with Crippen molar-refractivity contribution in [2.24, 2.45) is 11.8 Å². The molecule has 26 heavy (non-hydrogen) atoms. The molecule has 0 spiro atoms. The number of ether oxygens (including phenoxy) is 2. The number of nitrogens with one attached hydrogen (secondary N) is 1. The minimum Gasteiger partial charge on any atom is -0.497 e. The zero-order chi connectivity index (χ0) is 18.1. The number of hydrogen-bond acceptors (Lipinski definition) is 4. The van der Waals surface area contributed by atoms with Gasteiger partial charge >= 0.3 is 0 Å². The number of methoxy groups -OCH3 is 1. The van der Waals surface area contributed by atoms with Gasteiger partial charge in [-0.1, -0.05) is 12.1 Å². The van der Waals surface area contributed by atoms with E-state index < -0.39 is 0 Å². The molecule has 0 unspecified atom stereocenters. The van der Waals surface area contributed by atoms with Crippen LogP contribution in [0.1, 0.15) is 37.3 Å². The van der Waals surface area contributed by atoms with Gasteiger partial charge in [-0.3, -0.25) is 9.59 Å². The van der Waals surface area contributed by atoms with Crippen LogP contribution in [0.2, 0.25) is 0 Å². The van der Waals surface area contributed by atoms with E-state index in [2.05, 4.69) is 5.32 Å². The summed E-state index contributed by atoms with van der Waals surface area (Å²) in [4.78, 5) is 27.5. The highest BCUT2D eigenvalue weighted by Gasteiger charge is 2.49. The predicted octanol–water partition coefficient (Wildman–Crippen LogP) is 1.90. The second-order valence-electron chi connectivity index (χ2n) is 7.54. The van der Waals surface area contributed by atoms with Crippen molar-refractivity contribution in [3.63, 3.8) is 0 Å². The van der Waals surface area contributed by atoms with E-state index in [4.69, 9.17) is 9.47 Å². The second-order valence-corrected chi connectivity index (χ2v) is 7.54. The summed E-state index contributed by atoms with van der Waals surface area (Å²) in [5, 5.41) is 3.07. The Kier molecular flexibility index (Phi) is 4.85. The van der Waals surface area contributed by atoms with Gasteiger partial charge in [0.2, 0.25) is 11.8 Å². The summed E-state index contributed by atoms with van der Waals surface area (Å²) in [6.07, 6.45) is 3.32. The molecule has 1 aliphatic carbocycles. The average molecular weight is 358 g/mol. The molecule has 6 heteroatoms. The smallest absolute Gasteiger partial charge is 0.226 e. The molecule has 1 N–H and O–H groups in total. The topological polar surface area (TPSA) is 67.9 Å². The summed E-state index contributed by atoms with van der Waals surface area (Å²) in [7, 11) is 1.63. The van der Waals surface area contributed by atoms with Crippen LogP contribution in [-0.2, 0) is 14.3 Å². The van der Waals surface area contributed by atoms with E-state index in [-0.39, 0.29) is 36.2 Å². The van der Waals surface area contributed by atoms with E-state index in [1.54, 1.807) is 7.11 Å². The Bertz CT molecular complexity index is 682. The highest BCUT2D eigenvalue weighted by Crippen LogP contribution is 2.45. The quantitative estimate of drug-likeness (QED) is 0.843. The van der Waals surface area contributed by atoms with Crippen LogP contribution in [0.25, 0.3) is 0 Å². The van der Waals surface area contributed by atoms with Crippen molar-refractivity contribution < 1.29 is 19.1 Å². The summed E-state index contributed by atoms with van der Waals surface area (Å²) in [5.74, 6) is 0.842. The van der Waals surface area contributed by atoms with Crippen molar-refractivity contribution in [2.75, 3.05) is 26.9 Å². The first-order chi connectivity index (χ1) is 12.7. The third kappa shape index (κ3) is 3.43.